The van der Waals surface area contributed by atoms with Crippen LogP contribution in [0.1, 0.15) is 44.2 Å². The highest BCUT2D eigenvalue weighted by molar-refractivity contribution is 5.89. The quantitative estimate of drug-likeness (QED) is 0.867. The molecule has 0 aromatic heterocycles. The highest BCUT2D eigenvalue weighted by atomic mass is 19.1. The van der Waals surface area contributed by atoms with Crippen LogP contribution in [0.25, 0.3) is 0 Å². The van der Waals surface area contributed by atoms with Crippen LogP contribution >= 0.6 is 0 Å². The number of benzene rings is 1. The van der Waals surface area contributed by atoms with Gasteiger partial charge in [-0.15, -0.1) is 0 Å². The molecule has 2 rings (SSSR count). The van der Waals surface area contributed by atoms with E-state index in [9.17, 15) is 14.0 Å². The highest BCUT2D eigenvalue weighted by Crippen LogP contribution is 2.16. The van der Waals surface area contributed by atoms with Gasteiger partial charge in [0.2, 0.25) is 11.8 Å². The van der Waals surface area contributed by atoms with E-state index in [0.29, 0.717) is 5.56 Å². The second-order valence-electron chi connectivity index (χ2n) is 6.02. The number of likely N-dealkylation sites (tertiary alicyclic amines) is 1. The number of primary amides is 1. The molecular formula is C17H24FN3O2. The van der Waals surface area contributed by atoms with Crippen LogP contribution in [0.4, 0.5) is 4.39 Å². The van der Waals surface area contributed by atoms with E-state index in [2.05, 4.69) is 10.2 Å². The van der Waals surface area contributed by atoms with Crippen molar-refractivity contribution >= 4 is 11.8 Å². The summed E-state index contributed by atoms with van der Waals surface area (Å²) in [5.74, 6) is -1.30. The molecule has 1 aliphatic heterocycles. The average molecular weight is 321 g/mol. The number of rotatable bonds is 5. The van der Waals surface area contributed by atoms with Gasteiger partial charge in [-0.25, -0.2) is 4.39 Å². The lowest BCUT2D eigenvalue weighted by Gasteiger charge is -2.28. The molecule has 1 saturated heterocycles. The zero-order valence-electron chi connectivity index (χ0n) is 13.4. The van der Waals surface area contributed by atoms with Gasteiger partial charge in [0.25, 0.3) is 0 Å². The number of hydrogen-bond acceptors (Lipinski definition) is 3. The van der Waals surface area contributed by atoms with E-state index in [1.165, 1.54) is 37.1 Å². The van der Waals surface area contributed by atoms with E-state index in [1.54, 1.807) is 0 Å². The number of nitrogens with one attached hydrogen (secondary N) is 1. The zero-order valence-corrected chi connectivity index (χ0v) is 13.4. The predicted octanol–water partition coefficient (Wildman–Crippen LogP) is 1.73. The van der Waals surface area contributed by atoms with Crippen molar-refractivity contribution < 1.29 is 14.0 Å². The summed E-state index contributed by atoms with van der Waals surface area (Å²) in [5.41, 5.74) is 5.88. The maximum Gasteiger partial charge on any atom is 0.244 e. The number of halogens is 1. The Bertz CT molecular complexity index is 539. The van der Waals surface area contributed by atoms with Gasteiger partial charge in [-0.2, -0.15) is 0 Å². The Hall–Kier alpha value is -1.95. The molecule has 1 heterocycles. The first-order valence-corrected chi connectivity index (χ1v) is 8.08. The zero-order chi connectivity index (χ0) is 16.8. The molecule has 1 aliphatic rings. The van der Waals surface area contributed by atoms with Gasteiger partial charge >= 0.3 is 0 Å². The molecule has 0 bridgehead atoms. The molecule has 2 amide bonds. The van der Waals surface area contributed by atoms with E-state index in [-0.39, 0.29) is 11.9 Å². The first-order valence-electron chi connectivity index (χ1n) is 8.08. The molecule has 0 radical (unpaired) electrons. The van der Waals surface area contributed by atoms with Gasteiger partial charge < -0.3 is 11.1 Å². The second-order valence-corrected chi connectivity index (χ2v) is 6.02. The van der Waals surface area contributed by atoms with Crippen molar-refractivity contribution in [2.75, 3.05) is 13.1 Å². The number of carbonyl (C=O) groups excluding carboxylic acids is 2. The SMILES string of the molecule is C[C@H](C(=O)N[C@H](C(N)=O)c1ccc(F)cc1)N1CCCCCC1. The van der Waals surface area contributed by atoms with Crippen LogP contribution in [-0.2, 0) is 9.59 Å². The predicted molar refractivity (Wildman–Crippen MR) is 86.0 cm³/mol. The van der Waals surface area contributed by atoms with Crippen molar-refractivity contribution in [3.63, 3.8) is 0 Å². The molecule has 0 unspecified atom stereocenters. The molecule has 23 heavy (non-hydrogen) atoms. The van der Waals surface area contributed by atoms with Crippen LogP contribution in [0.5, 0.6) is 0 Å². The van der Waals surface area contributed by atoms with E-state index in [0.717, 1.165) is 25.9 Å². The maximum atomic E-state index is 13.0. The number of amides is 2. The average Bonchev–Trinajstić information content (AvgIpc) is 2.81. The van der Waals surface area contributed by atoms with Crippen molar-refractivity contribution in [1.82, 2.24) is 10.2 Å². The molecule has 0 spiro atoms. The highest BCUT2D eigenvalue weighted by Gasteiger charge is 2.26. The molecule has 126 valence electrons. The van der Waals surface area contributed by atoms with E-state index < -0.39 is 17.8 Å². The lowest BCUT2D eigenvalue weighted by atomic mass is 10.1. The number of carbonyl (C=O) groups is 2. The Kier molecular flexibility index (Phi) is 6.10. The summed E-state index contributed by atoms with van der Waals surface area (Å²) in [6.07, 6.45) is 4.53. The van der Waals surface area contributed by atoms with Crippen molar-refractivity contribution in [2.45, 2.75) is 44.7 Å². The summed E-state index contributed by atoms with van der Waals surface area (Å²) in [6, 6.07) is 4.14. The van der Waals surface area contributed by atoms with E-state index in [4.69, 9.17) is 5.73 Å². The van der Waals surface area contributed by atoms with Crippen LogP contribution in [0.15, 0.2) is 24.3 Å². The fourth-order valence-corrected chi connectivity index (χ4v) is 2.89. The molecule has 3 N–H and O–H groups in total. The Morgan fingerprint density at radius 2 is 1.70 bits per heavy atom. The third kappa shape index (κ3) is 4.76. The first kappa shape index (κ1) is 17.4. The van der Waals surface area contributed by atoms with Crippen LogP contribution < -0.4 is 11.1 Å². The molecule has 1 fully saturated rings. The van der Waals surface area contributed by atoms with Crippen LogP contribution in [0, 0.1) is 5.82 Å². The Balaban J connectivity index is 2.05. The van der Waals surface area contributed by atoms with Crippen molar-refractivity contribution in [2.24, 2.45) is 5.73 Å². The smallest absolute Gasteiger partial charge is 0.244 e. The fraction of sp³-hybridized carbons (Fsp3) is 0.529. The lowest BCUT2D eigenvalue weighted by Crippen LogP contribution is -2.48. The summed E-state index contributed by atoms with van der Waals surface area (Å²) in [6.45, 7) is 3.60. The summed E-state index contributed by atoms with van der Waals surface area (Å²) in [4.78, 5) is 26.3. The molecule has 5 nitrogen and oxygen atoms in total. The van der Waals surface area contributed by atoms with Crippen molar-refractivity contribution in [3.8, 4) is 0 Å². The van der Waals surface area contributed by atoms with Gasteiger partial charge in [0.15, 0.2) is 0 Å². The van der Waals surface area contributed by atoms with Crippen LogP contribution in [0.3, 0.4) is 0 Å². The topological polar surface area (TPSA) is 75.4 Å². The van der Waals surface area contributed by atoms with Crippen molar-refractivity contribution in [1.29, 1.82) is 0 Å². The summed E-state index contributed by atoms with van der Waals surface area (Å²) < 4.78 is 13.0. The molecular weight excluding hydrogens is 297 g/mol. The van der Waals surface area contributed by atoms with Crippen LogP contribution in [0.2, 0.25) is 0 Å². The normalized spacial score (nSPS) is 18.7. The fourth-order valence-electron chi connectivity index (χ4n) is 2.89. The summed E-state index contributed by atoms with van der Waals surface area (Å²) in [5, 5.41) is 2.69. The van der Waals surface area contributed by atoms with Crippen molar-refractivity contribution in [3.05, 3.63) is 35.6 Å². The van der Waals surface area contributed by atoms with Crippen LogP contribution in [-0.4, -0.2) is 35.8 Å². The van der Waals surface area contributed by atoms with Gasteiger partial charge in [0.05, 0.1) is 6.04 Å². The molecule has 0 aliphatic carbocycles. The molecule has 0 saturated carbocycles. The van der Waals surface area contributed by atoms with E-state index >= 15 is 0 Å². The Labute approximate surface area is 136 Å². The van der Waals surface area contributed by atoms with Gasteiger partial charge in [-0.3, -0.25) is 14.5 Å². The molecule has 1 aromatic carbocycles. The molecule has 6 heteroatoms. The number of hydrogen-bond donors (Lipinski definition) is 2. The van der Waals surface area contributed by atoms with Gasteiger partial charge in [0, 0.05) is 0 Å². The largest absolute Gasteiger partial charge is 0.368 e. The number of nitrogens with zero attached hydrogens (tertiary/aromatic N) is 1. The van der Waals surface area contributed by atoms with E-state index in [1.807, 2.05) is 6.92 Å². The van der Waals surface area contributed by atoms with Gasteiger partial charge in [-0.1, -0.05) is 25.0 Å². The Morgan fingerprint density at radius 3 is 2.22 bits per heavy atom. The lowest BCUT2D eigenvalue weighted by molar-refractivity contribution is -0.130. The standard InChI is InChI=1S/C17H24FN3O2/c1-12(21-10-4-2-3-5-11-21)17(23)20-15(16(19)22)13-6-8-14(18)9-7-13/h6-9,12,15H,2-5,10-11H2,1H3,(H2,19,22)(H,20,23)/t12-,15+/m1/s1. The third-order valence-corrected chi connectivity index (χ3v) is 4.34. The molecule has 2 atom stereocenters. The second kappa shape index (κ2) is 8.06. The minimum absolute atomic E-state index is 0.236. The minimum atomic E-state index is -0.947. The van der Waals surface area contributed by atoms with Gasteiger partial charge in [0.1, 0.15) is 11.9 Å². The first-order chi connectivity index (χ1) is 11.0. The molecule has 1 aromatic rings. The third-order valence-electron chi connectivity index (χ3n) is 4.34. The number of nitrogens with two attached hydrogens (primary N) is 1. The summed E-state index contributed by atoms with van der Waals surface area (Å²) in [7, 11) is 0. The maximum absolute atomic E-state index is 13.0. The monoisotopic (exact) mass is 321 g/mol. The minimum Gasteiger partial charge on any atom is -0.368 e. The van der Waals surface area contributed by atoms with Gasteiger partial charge in [-0.05, 0) is 50.6 Å². The summed E-state index contributed by atoms with van der Waals surface area (Å²) >= 11 is 0. The Morgan fingerprint density at radius 1 is 1.13 bits per heavy atom.